The van der Waals surface area contributed by atoms with Crippen LogP contribution < -0.4 is 9.41 Å². The van der Waals surface area contributed by atoms with Crippen LogP contribution in [0.4, 0.5) is 0 Å². The van der Waals surface area contributed by atoms with Crippen molar-refractivity contribution < 1.29 is 35.3 Å². The Morgan fingerprint density at radius 3 is 1.29 bits per heavy atom. The van der Waals surface area contributed by atoms with E-state index in [1.807, 2.05) is 0 Å². The molecule has 0 saturated heterocycles. The second-order valence-corrected chi connectivity index (χ2v) is 6.97. The largest absolute Gasteiger partial charge is 4.00 e. The van der Waals surface area contributed by atoms with Crippen LogP contribution >= 0.6 is 0 Å². The molecule has 0 unspecified atom stereocenters. The molecule has 135 valence electrons. The second-order valence-electron chi connectivity index (χ2n) is 5.82. The van der Waals surface area contributed by atoms with E-state index < -0.39 is 0 Å². The van der Waals surface area contributed by atoms with Crippen molar-refractivity contribution in [3.8, 4) is 0 Å². The van der Waals surface area contributed by atoms with Crippen molar-refractivity contribution in [1.82, 2.24) is 0 Å². The Balaban J connectivity index is -0.000000130. The first-order valence-electron chi connectivity index (χ1n) is 8.34. The van der Waals surface area contributed by atoms with Gasteiger partial charge in [-0.3, -0.25) is 12.2 Å². The van der Waals surface area contributed by atoms with E-state index in [-0.39, 0.29) is 35.3 Å². The molecule has 0 aromatic rings. The Morgan fingerprint density at radius 1 is 0.833 bits per heavy atom. The summed E-state index contributed by atoms with van der Waals surface area (Å²) in [4.78, 5) is 0. The summed E-state index contributed by atoms with van der Waals surface area (Å²) >= 11 is 0. The predicted molar refractivity (Wildman–Crippen MR) is 99.0 cm³/mol. The van der Waals surface area contributed by atoms with Gasteiger partial charge in [0.1, 0.15) is 0 Å². The maximum atomic E-state index is 3.33. The van der Waals surface area contributed by atoms with Crippen LogP contribution in [0.15, 0.2) is 34.4 Å². The molecular formula is C20H33F2HfSi. The first kappa shape index (κ1) is 31.7. The molecule has 0 atom stereocenters. The number of hydrogen-bond acceptors (Lipinski definition) is 0. The zero-order chi connectivity index (χ0) is 16.1. The number of halogens is 2. The molecule has 24 heavy (non-hydrogen) atoms. The van der Waals surface area contributed by atoms with Crippen LogP contribution in [0, 0.1) is 12.2 Å². The van der Waals surface area contributed by atoms with Gasteiger partial charge in [0.25, 0.3) is 0 Å². The zero-order valence-corrected chi connectivity index (χ0v) is 21.0. The van der Waals surface area contributed by atoms with E-state index in [0.29, 0.717) is 0 Å². The van der Waals surface area contributed by atoms with E-state index in [2.05, 4.69) is 65.1 Å². The van der Waals surface area contributed by atoms with Crippen LogP contribution in [0.5, 0.6) is 0 Å². The molecule has 0 aromatic carbocycles. The molecule has 2 aliphatic carbocycles. The molecule has 4 heteroatoms. The van der Waals surface area contributed by atoms with Gasteiger partial charge in [0.15, 0.2) is 0 Å². The van der Waals surface area contributed by atoms with Crippen molar-refractivity contribution >= 4 is 9.52 Å². The standard InChI is InChI=1S/2C9H13.C2H7Si.2FH.Hf/c2*1-3-4-9-6-5-8(2)7-9;1-3-2;;;/h2*7H,3-5H2,1-2H3;3H,1-2H3;2*1H;/q2*-1;;;;+4/p-2. The summed E-state index contributed by atoms with van der Waals surface area (Å²) < 4.78 is 0. The average molecular weight is 518 g/mol. The van der Waals surface area contributed by atoms with Gasteiger partial charge in [-0.2, -0.15) is 11.1 Å². The predicted octanol–water partition coefficient (Wildman–Crippen LogP) is 0.257. The van der Waals surface area contributed by atoms with Crippen LogP contribution in [0.3, 0.4) is 0 Å². The first-order chi connectivity index (χ1) is 10.1. The van der Waals surface area contributed by atoms with Gasteiger partial charge >= 0.3 is 25.8 Å². The van der Waals surface area contributed by atoms with Crippen molar-refractivity contribution in [2.24, 2.45) is 0 Å². The Labute approximate surface area is 170 Å². The van der Waals surface area contributed by atoms with Crippen molar-refractivity contribution in [2.75, 3.05) is 0 Å². The molecule has 0 spiro atoms. The van der Waals surface area contributed by atoms with Gasteiger partial charge in [-0.25, -0.2) is 23.3 Å². The normalized spacial score (nSPS) is 13.9. The van der Waals surface area contributed by atoms with Gasteiger partial charge in [-0.1, -0.05) is 66.5 Å². The third kappa shape index (κ3) is 16.8. The maximum absolute atomic E-state index is 3.33. The quantitative estimate of drug-likeness (QED) is 0.371. The van der Waals surface area contributed by atoms with Crippen LogP contribution in [-0.4, -0.2) is 9.52 Å². The van der Waals surface area contributed by atoms with Crippen molar-refractivity contribution in [2.45, 2.75) is 79.3 Å². The molecule has 0 amide bonds. The van der Waals surface area contributed by atoms with Crippen molar-refractivity contribution in [3.05, 3.63) is 46.6 Å². The molecule has 2 aliphatic rings. The average Bonchev–Trinajstić information content (AvgIpc) is 3.02. The van der Waals surface area contributed by atoms with E-state index in [1.165, 1.54) is 48.0 Å². The van der Waals surface area contributed by atoms with Crippen LogP contribution in [-0.2, 0) is 25.8 Å². The number of hydrogen-bond donors (Lipinski definition) is 0. The Morgan fingerprint density at radius 2 is 1.12 bits per heavy atom. The molecule has 0 bridgehead atoms. The Bertz CT molecular complexity index is 372. The molecule has 0 N–H and O–H groups in total. The summed E-state index contributed by atoms with van der Waals surface area (Å²) in [6, 6.07) is 0. The minimum Gasteiger partial charge on any atom is -1.00 e. The fraction of sp³-hybridized carbons (Fsp3) is 0.600. The van der Waals surface area contributed by atoms with E-state index in [4.69, 9.17) is 0 Å². The topological polar surface area (TPSA) is 0 Å². The first-order valence-corrected chi connectivity index (χ1v) is 10.7. The second kappa shape index (κ2) is 21.0. The SMILES string of the molecule is CCCC1=[C-]CC(C)=C1.CCCC1=[C-]CC(C)=C1.C[SiH]C.[F-].[F-].[Hf+4]. The van der Waals surface area contributed by atoms with E-state index in [9.17, 15) is 0 Å². The van der Waals surface area contributed by atoms with Gasteiger partial charge in [-0.05, 0) is 0 Å². The van der Waals surface area contributed by atoms with Gasteiger partial charge in [0.2, 0.25) is 0 Å². The molecule has 0 aliphatic heterocycles. The molecule has 0 nitrogen and oxygen atoms in total. The third-order valence-electron chi connectivity index (χ3n) is 3.07. The monoisotopic (exact) mass is 519 g/mol. The smallest absolute Gasteiger partial charge is 1.00 e. The van der Waals surface area contributed by atoms with Crippen molar-refractivity contribution in [1.29, 1.82) is 0 Å². The molecule has 0 saturated carbocycles. The van der Waals surface area contributed by atoms with Crippen molar-refractivity contribution in [3.63, 3.8) is 0 Å². The Hall–Kier alpha value is -0.0930. The minimum absolute atomic E-state index is 0. The van der Waals surface area contributed by atoms with Gasteiger partial charge < -0.3 is 9.41 Å². The van der Waals surface area contributed by atoms with Gasteiger partial charge in [-0.15, -0.1) is 12.8 Å². The summed E-state index contributed by atoms with van der Waals surface area (Å²) in [5.41, 5.74) is 5.74. The van der Waals surface area contributed by atoms with Crippen LogP contribution in [0.2, 0.25) is 13.1 Å². The molecule has 0 heterocycles. The molecule has 0 aromatic heterocycles. The summed E-state index contributed by atoms with van der Waals surface area (Å²) in [6.07, 6.45) is 18.2. The van der Waals surface area contributed by atoms with E-state index in [1.54, 1.807) is 0 Å². The molecule has 1 radical (unpaired) electrons. The molecule has 0 fully saturated rings. The summed E-state index contributed by atoms with van der Waals surface area (Å²) in [6.45, 7) is 13.2. The van der Waals surface area contributed by atoms with E-state index in [0.717, 1.165) is 22.4 Å². The zero-order valence-electron chi connectivity index (χ0n) is 16.2. The summed E-state index contributed by atoms with van der Waals surface area (Å²) in [7, 11) is 0.750. The number of rotatable bonds is 4. The summed E-state index contributed by atoms with van der Waals surface area (Å²) in [5, 5.41) is 0. The van der Waals surface area contributed by atoms with Gasteiger partial charge in [0.05, 0.1) is 0 Å². The molecule has 2 rings (SSSR count). The number of allylic oxidation sites excluding steroid dienone is 8. The minimum atomic E-state index is 0. The van der Waals surface area contributed by atoms with Gasteiger partial charge in [0, 0.05) is 9.52 Å². The Kier molecular flexibility index (Phi) is 27.6. The molecular weight excluding hydrogens is 485 g/mol. The summed E-state index contributed by atoms with van der Waals surface area (Å²) in [5.74, 6) is 0. The third-order valence-corrected chi connectivity index (χ3v) is 3.07. The fourth-order valence-electron chi connectivity index (χ4n) is 2.16. The maximum Gasteiger partial charge on any atom is 4.00 e. The van der Waals surface area contributed by atoms with Crippen LogP contribution in [0.25, 0.3) is 0 Å². The van der Waals surface area contributed by atoms with E-state index >= 15 is 0 Å². The fourth-order valence-corrected chi connectivity index (χ4v) is 2.16. The van der Waals surface area contributed by atoms with Crippen LogP contribution in [0.1, 0.15) is 66.2 Å².